The number of rotatable bonds is 6. The zero-order valence-electron chi connectivity index (χ0n) is 12.5. The van der Waals surface area contributed by atoms with E-state index >= 15 is 0 Å². The third kappa shape index (κ3) is 4.17. The highest BCUT2D eigenvalue weighted by atomic mass is 15.1. The summed E-state index contributed by atoms with van der Waals surface area (Å²) in [5, 5.41) is 6.59. The molecule has 0 saturated heterocycles. The van der Waals surface area contributed by atoms with Gasteiger partial charge in [-0.2, -0.15) is 0 Å². The first kappa shape index (κ1) is 14.7. The van der Waals surface area contributed by atoms with Crippen molar-refractivity contribution >= 4 is 11.6 Å². The van der Waals surface area contributed by atoms with Gasteiger partial charge < -0.3 is 10.6 Å². The quantitative estimate of drug-likeness (QED) is 0.809. The molecule has 1 rings (SSSR count). The van der Waals surface area contributed by atoms with E-state index in [-0.39, 0.29) is 5.54 Å². The normalized spacial score (nSPS) is 11.7. The summed E-state index contributed by atoms with van der Waals surface area (Å²) in [6.45, 7) is 10.8. The van der Waals surface area contributed by atoms with E-state index in [1.54, 1.807) is 0 Å². The first-order valence-corrected chi connectivity index (χ1v) is 6.73. The zero-order chi connectivity index (χ0) is 13.8. The van der Waals surface area contributed by atoms with Gasteiger partial charge in [-0.25, -0.2) is 9.97 Å². The van der Waals surface area contributed by atoms with E-state index in [2.05, 4.69) is 55.2 Å². The van der Waals surface area contributed by atoms with Gasteiger partial charge in [0.15, 0.2) is 0 Å². The van der Waals surface area contributed by atoms with Crippen molar-refractivity contribution in [2.45, 2.75) is 58.9 Å². The SMILES string of the molecule is CCCC(C)(C)Nc1cc(NC)nc(C(C)C)n1. The molecule has 0 spiro atoms. The van der Waals surface area contributed by atoms with Gasteiger partial charge >= 0.3 is 0 Å². The Kier molecular flexibility index (Phi) is 4.93. The van der Waals surface area contributed by atoms with Crippen molar-refractivity contribution in [3.8, 4) is 0 Å². The van der Waals surface area contributed by atoms with Gasteiger partial charge in [0.1, 0.15) is 17.5 Å². The second-order valence-corrected chi connectivity index (χ2v) is 5.66. The van der Waals surface area contributed by atoms with Crippen LogP contribution in [0.1, 0.15) is 59.2 Å². The van der Waals surface area contributed by atoms with Crippen LogP contribution in [0.3, 0.4) is 0 Å². The van der Waals surface area contributed by atoms with Crippen LogP contribution in [0.2, 0.25) is 0 Å². The van der Waals surface area contributed by atoms with Gasteiger partial charge in [0, 0.05) is 24.6 Å². The van der Waals surface area contributed by atoms with Gasteiger partial charge in [0.25, 0.3) is 0 Å². The fourth-order valence-electron chi connectivity index (χ4n) is 1.95. The molecule has 0 amide bonds. The Balaban J connectivity index is 2.97. The van der Waals surface area contributed by atoms with Crippen LogP contribution in [0.4, 0.5) is 11.6 Å². The van der Waals surface area contributed by atoms with E-state index in [1.807, 2.05) is 13.1 Å². The van der Waals surface area contributed by atoms with E-state index in [0.717, 1.165) is 30.3 Å². The van der Waals surface area contributed by atoms with E-state index in [1.165, 1.54) is 0 Å². The Morgan fingerprint density at radius 3 is 2.33 bits per heavy atom. The van der Waals surface area contributed by atoms with Crippen molar-refractivity contribution in [1.82, 2.24) is 9.97 Å². The molecule has 2 N–H and O–H groups in total. The van der Waals surface area contributed by atoms with Crippen molar-refractivity contribution in [3.63, 3.8) is 0 Å². The predicted octanol–water partition coefficient (Wildman–Crippen LogP) is 3.63. The van der Waals surface area contributed by atoms with Crippen LogP contribution in [0.5, 0.6) is 0 Å². The van der Waals surface area contributed by atoms with Gasteiger partial charge in [-0.3, -0.25) is 0 Å². The molecule has 1 aromatic heterocycles. The van der Waals surface area contributed by atoms with Crippen LogP contribution in [0.25, 0.3) is 0 Å². The maximum absolute atomic E-state index is 4.59. The van der Waals surface area contributed by atoms with Crippen molar-refractivity contribution < 1.29 is 0 Å². The topological polar surface area (TPSA) is 49.8 Å². The number of nitrogens with one attached hydrogen (secondary N) is 2. The molecule has 0 unspecified atom stereocenters. The molecule has 0 atom stereocenters. The first-order valence-electron chi connectivity index (χ1n) is 6.73. The molecule has 0 bridgehead atoms. The van der Waals surface area contributed by atoms with E-state index < -0.39 is 0 Å². The van der Waals surface area contributed by atoms with E-state index in [0.29, 0.717) is 5.92 Å². The second-order valence-electron chi connectivity index (χ2n) is 5.66. The molecular weight excluding hydrogens is 224 g/mol. The molecule has 0 aliphatic rings. The predicted molar refractivity (Wildman–Crippen MR) is 78.3 cm³/mol. The molecule has 0 aromatic carbocycles. The maximum atomic E-state index is 4.59. The van der Waals surface area contributed by atoms with Gasteiger partial charge in [0.05, 0.1) is 0 Å². The molecule has 1 aromatic rings. The van der Waals surface area contributed by atoms with Crippen molar-refractivity contribution in [3.05, 3.63) is 11.9 Å². The van der Waals surface area contributed by atoms with Crippen molar-refractivity contribution in [1.29, 1.82) is 0 Å². The second kappa shape index (κ2) is 6.03. The summed E-state index contributed by atoms with van der Waals surface area (Å²) in [5.74, 6) is 2.96. The lowest BCUT2D eigenvalue weighted by atomic mass is 9.99. The summed E-state index contributed by atoms with van der Waals surface area (Å²) in [4.78, 5) is 9.05. The third-order valence-corrected chi connectivity index (χ3v) is 2.86. The highest BCUT2D eigenvalue weighted by Crippen LogP contribution is 2.22. The van der Waals surface area contributed by atoms with E-state index in [9.17, 15) is 0 Å². The molecule has 0 saturated carbocycles. The Morgan fingerprint density at radius 1 is 1.22 bits per heavy atom. The van der Waals surface area contributed by atoms with Crippen LogP contribution in [-0.4, -0.2) is 22.6 Å². The summed E-state index contributed by atoms with van der Waals surface area (Å²) in [6.07, 6.45) is 2.27. The molecule has 18 heavy (non-hydrogen) atoms. The number of nitrogens with zero attached hydrogens (tertiary/aromatic N) is 2. The minimum absolute atomic E-state index is 0.0579. The summed E-state index contributed by atoms with van der Waals surface area (Å²) >= 11 is 0. The fraction of sp³-hybridized carbons (Fsp3) is 0.714. The van der Waals surface area contributed by atoms with Crippen molar-refractivity contribution in [2.75, 3.05) is 17.7 Å². The van der Waals surface area contributed by atoms with Crippen LogP contribution in [0.15, 0.2) is 6.07 Å². The summed E-state index contributed by atoms with van der Waals surface area (Å²) in [5.41, 5.74) is 0.0579. The lowest BCUT2D eigenvalue weighted by Crippen LogP contribution is -2.31. The smallest absolute Gasteiger partial charge is 0.135 e. The van der Waals surface area contributed by atoms with Gasteiger partial charge in [0.2, 0.25) is 0 Å². The summed E-state index contributed by atoms with van der Waals surface area (Å²) in [7, 11) is 1.88. The monoisotopic (exact) mass is 250 g/mol. The number of anilines is 2. The third-order valence-electron chi connectivity index (χ3n) is 2.86. The average Bonchev–Trinajstić information content (AvgIpc) is 2.27. The molecular formula is C14H26N4. The molecule has 102 valence electrons. The summed E-state index contributed by atoms with van der Waals surface area (Å²) < 4.78 is 0. The van der Waals surface area contributed by atoms with Crippen LogP contribution < -0.4 is 10.6 Å². The molecule has 4 nitrogen and oxygen atoms in total. The zero-order valence-corrected chi connectivity index (χ0v) is 12.5. The Bertz CT molecular complexity index is 385. The lowest BCUT2D eigenvalue weighted by molar-refractivity contribution is 0.508. The number of hydrogen-bond donors (Lipinski definition) is 2. The molecule has 1 heterocycles. The summed E-state index contributed by atoms with van der Waals surface area (Å²) in [6, 6.07) is 1.96. The number of hydrogen-bond acceptors (Lipinski definition) is 4. The molecule has 0 aliphatic carbocycles. The molecule has 0 fully saturated rings. The van der Waals surface area contributed by atoms with Gasteiger partial charge in [-0.1, -0.05) is 27.2 Å². The largest absolute Gasteiger partial charge is 0.373 e. The highest BCUT2D eigenvalue weighted by molar-refractivity contribution is 5.48. The molecule has 0 aliphatic heterocycles. The standard InChI is InChI=1S/C14H26N4/c1-7-8-14(4,5)18-12-9-11(15-6)16-13(17-12)10(2)3/h9-10H,7-8H2,1-6H3,(H2,15,16,17,18). The van der Waals surface area contributed by atoms with Gasteiger partial charge in [-0.05, 0) is 20.3 Å². The Labute approximate surface area is 111 Å². The minimum atomic E-state index is 0.0579. The maximum Gasteiger partial charge on any atom is 0.135 e. The minimum Gasteiger partial charge on any atom is -0.373 e. The first-order chi connectivity index (χ1) is 8.38. The van der Waals surface area contributed by atoms with E-state index in [4.69, 9.17) is 0 Å². The van der Waals surface area contributed by atoms with Gasteiger partial charge in [-0.15, -0.1) is 0 Å². The number of aromatic nitrogens is 2. The van der Waals surface area contributed by atoms with Crippen LogP contribution in [0, 0.1) is 0 Å². The lowest BCUT2D eigenvalue weighted by Gasteiger charge is -2.27. The molecule has 4 heteroatoms. The van der Waals surface area contributed by atoms with Crippen LogP contribution >= 0.6 is 0 Å². The Morgan fingerprint density at radius 2 is 1.83 bits per heavy atom. The highest BCUT2D eigenvalue weighted by Gasteiger charge is 2.18. The van der Waals surface area contributed by atoms with Crippen molar-refractivity contribution in [2.24, 2.45) is 0 Å². The Hall–Kier alpha value is -1.32. The van der Waals surface area contributed by atoms with Crippen LogP contribution in [-0.2, 0) is 0 Å². The molecule has 0 radical (unpaired) electrons. The fourth-order valence-corrected chi connectivity index (χ4v) is 1.95. The average molecular weight is 250 g/mol.